The highest BCUT2D eigenvalue weighted by molar-refractivity contribution is 6.31. The lowest BCUT2D eigenvalue weighted by molar-refractivity contribution is -0.150. The van der Waals surface area contributed by atoms with E-state index in [1.54, 1.807) is 18.2 Å². The quantitative estimate of drug-likeness (QED) is 0.652. The molecule has 27 heavy (non-hydrogen) atoms. The molecule has 2 aromatic rings. The predicted molar refractivity (Wildman–Crippen MR) is 105 cm³/mol. The summed E-state index contributed by atoms with van der Waals surface area (Å²) in [6.07, 6.45) is 1.73. The minimum atomic E-state index is -0.607. The van der Waals surface area contributed by atoms with Crippen LogP contribution in [-0.2, 0) is 14.3 Å². The molecule has 5 nitrogen and oxygen atoms in total. The van der Waals surface area contributed by atoms with Gasteiger partial charge >= 0.3 is 5.97 Å². The molecule has 0 aliphatic rings. The van der Waals surface area contributed by atoms with Gasteiger partial charge in [0, 0.05) is 5.02 Å². The lowest BCUT2D eigenvalue weighted by Crippen LogP contribution is -2.33. The first-order chi connectivity index (χ1) is 13.0. The number of benzene rings is 2. The van der Waals surface area contributed by atoms with Gasteiger partial charge in [-0.3, -0.25) is 4.79 Å². The second-order valence-corrected chi connectivity index (χ2v) is 6.59. The SMILES string of the molecule is CCCC(NC(=O)COC(=O)COc1ccc(Cl)c(C)c1)c1ccccc1. The van der Waals surface area contributed by atoms with Crippen LogP contribution in [0.2, 0.25) is 5.02 Å². The Balaban J connectivity index is 1.78. The van der Waals surface area contributed by atoms with E-state index in [9.17, 15) is 9.59 Å². The Morgan fingerprint density at radius 2 is 1.85 bits per heavy atom. The van der Waals surface area contributed by atoms with Crippen LogP contribution in [0.15, 0.2) is 48.5 Å². The number of halogens is 1. The average Bonchev–Trinajstić information content (AvgIpc) is 2.67. The van der Waals surface area contributed by atoms with Gasteiger partial charge in [0.2, 0.25) is 0 Å². The maximum absolute atomic E-state index is 12.1. The highest BCUT2D eigenvalue weighted by atomic mass is 35.5. The first kappa shape index (κ1) is 20.8. The van der Waals surface area contributed by atoms with E-state index in [0.717, 1.165) is 24.0 Å². The van der Waals surface area contributed by atoms with Crippen LogP contribution in [0.1, 0.15) is 36.9 Å². The second kappa shape index (κ2) is 10.6. The van der Waals surface area contributed by atoms with Crippen molar-refractivity contribution >= 4 is 23.5 Å². The minimum Gasteiger partial charge on any atom is -0.482 e. The summed E-state index contributed by atoms with van der Waals surface area (Å²) in [5.74, 6) is -0.428. The number of amides is 1. The number of aryl methyl sites for hydroxylation is 1. The summed E-state index contributed by atoms with van der Waals surface area (Å²) in [5.41, 5.74) is 1.88. The van der Waals surface area contributed by atoms with Crippen molar-refractivity contribution in [2.45, 2.75) is 32.7 Å². The van der Waals surface area contributed by atoms with Crippen LogP contribution < -0.4 is 10.1 Å². The van der Waals surface area contributed by atoms with Gasteiger partial charge in [0.15, 0.2) is 13.2 Å². The maximum atomic E-state index is 12.1. The van der Waals surface area contributed by atoms with Crippen LogP contribution in [-0.4, -0.2) is 25.1 Å². The molecule has 6 heteroatoms. The molecule has 2 rings (SSSR count). The van der Waals surface area contributed by atoms with Crippen LogP contribution in [0.3, 0.4) is 0 Å². The van der Waals surface area contributed by atoms with Crippen LogP contribution in [0.4, 0.5) is 0 Å². The fraction of sp³-hybridized carbons (Fsp3) is 0.333. The highest BCUT2D eigenvalue weighted by Crippen LogP contribution is 2.21. The van der Waals surface area contributed by atoms with Crippen LogP contribution >= 0.6 is 11.6 Å². The molecule has 144 valence electrons. The normalized spacial score (nSPS) is 11.5. The third-order valence-electron chi connectivity index (χ3n) is 3.96. The van der Waals surface area contributed by atoms with E-state index in [2.05, 4.69) is 12.2 Å². The van der Waals surface area contributed by atoms with Gasteiger partial charge in [-0.2, -0.15) is 0 Å². The Morgan fingerprint density at radius 1 is 1.11 bits per heavy atom. The molecule has 1 unspecified atom stereocenters. The van der Waals surface area contributed by atoms with E-state index in [-0.39, 0.29) is 25.2 Å². The number of ether oxygens (including phenoxy) is 2. The van der Waals surface area contributed by atoms with E-state index in [4.69, 9.17) is 21.1 Å². The summed E-state index contributed by atoms with van der Waals surface area (Å²) in [6.45, 7) is 3.29. The van der Waals surface area contributed by atoms with E-state index in [1.807, 2.05) is 37.3 Å². The molecule has 1 atom stereocenters. The molecule has 0 radical (unpaired) electrons. The summed E-state index contributed by atoms with van der Waals surface area (Å²) in [4.78, 5) is 23.9. The van der Waals surface area contributed by atoms with Crippen molar-refractivity contribution in [2.75, 3.05) is 13.2 Å². The zero-order valence-corrected chi connectivity index (χ0v) is 16.3. The molecule has 0 heterocycles. The Kier molecular flexibility index (Phi) is 8.14. The van der Waals surface area contributed by atoms with Gasteiger partial charge in [0.05, 0.1) is 6.04 Å². The standard InChI is InChI=1S/C21H24ClNO4/c1-3-7-19(16-8-5-4-6-9-16)23-20(24)13-27-21(25)14-26-17-10-11-18(22)15(2)12-17/h4-6,8-12,19H,3,7,13-14H2,1-2H3,(H,23,24). The summed E-state index contributed by atoms with van der Waals surface area (Å²) in [6, 6.07) is 14.7. The zero-order chi connectivity index (χ0) is 19.6. The largest absolute Gasteiger partial charge is 0.482 e. The average molecular weight is 390 g/mol. The number of esters is 1. The molecular formula is C21H24ClNO4. The fourth-order valence-corrected chi connectivity index (χ4v) is 2.69. The van der Waals surface area contributed by atoms with Crippen LogP contribution in [0, 0.1) is 6.92 Å². The van der Waals surface area contributed by atoms with Crippen LogP contribution in [0.25, 0.3) is 0 Å². The Bertz CT molecular complexity index is 764. The molecule has 1 N–H and O–H groups in total. The molecule has 0 aliphatic heterocycles. The molecule has 0 spiro atoms. The van der Waals surface area contributed by atoms with Gasteiger partial charge in [0.25, 0.3) is 5.91 Å². The maximum Gasteiger partial charge on any atom is 0.344 e. The Hall–Kier alpha value is -2.53. The highest BCUT2D eigenvalue weighted by Gasteiger charge is 2.15. The number of carbonyl (C=O) groups is 2. The van der Waals surface area contributed by atoms with E-state index >= 15 is 0 Å². The van der Waals surface area contributed by atoms with Gasteiger partial charge < -0.3 is 14.8 Å². The summed E-state index contributed by atoms with van der Waals surface area (Å²) in [5, 5.41) is 3.53. The molecule has 0 aromatic heterocycles. The van der Waals surface area contributed by atoms with E-state index < -0.39 is 5.97 Å². The van der Waals surface area contributed by atoms with E-state index in [1.165, 1.54) is 0 Å². The summed E-state index contributed by atoms with van der Waals surface area (Å²) in [7, 11) is 0. The fourth-order valence-electron chi connectivity index (χ4n) is 2.57. The van der Waals surface area contributed by atoms with Gasteiger partial charge in [0.1, 0.15) is 5.75 Å². The lowest BCUT2D eigenvalue weighted by Gasteiger charge is -2.18. The van der Waals surface area contributed by atoms with Gasteiger partial charge in [-0.1, -0.05) is 55.3 Å². The monoisotopic (exact) mass is 389 g/mol. The molecule has 1 amide bonds. The topological polar surface area (TPSA) is 64.6 Å². The van der Waals surface area contributed by atoms with Crippen molar-refractivity contribution in [3.05, 3.63) is 64.7 Å². The molecule has 0 aliphatic carbocycles. The minimum absolute atomic E-state index is 0.101. The number of hydrogen-bond donors (Lipinski definition) is 1. The van der Waals surface area contributed by atoms with Gasteiger partial charge in [-0.15, -0.1) is 0 Å². The molecule has 0 fully saturated rings. The third kappa shape index (κ3) is 6.94. The molecule has 2 aromatic carbocycles. The van der Waals surface area contributed by atoms with Gasteiger partial charge in [-0.25, -0.2) is 4.79 Å². The first-order valence-corrected chi connectivity index (χ1v) is 9.26. The van der Waals surface area contributed by atoms with Gasteiger partial charge in [-0.05, 0) is 42.7 Å². The zero-order valence-electron chi connectivity index (χ0n) is 15.5. The lowest BCUT2D eigenvalue weighted by atomic mass is 10.0. The molecular weight excluding hydrogens is 366 g/mol. The van der Waals surface area contributed by atoms with Crippen molar-refractivity contribution in [3.63, 3.8) is 0 Å². The number of rotatable bonds is 9. The number of nitrogens with one attached hydrogen (secondary N) is 1. The van der Waals surface area contributed by atoms with E-state index in [0.29, 0.717) is 10.8 Å². The third-order valence-corrected chi connectivity index (χ3v) is 4.39. The van der Waals surface area contributed by atoms with Crippen molar-refractivity contribution in [1.82, 2.24) is 5.32 Å². The summed E-state index contributed by atoms with van der Waals surface area (Å²) < 4.78 is 10.4. The number of hydrogen-bond acceptors (Lipinski definition) is 4. The van der Waals surface area contributed by atoms with Crippen LogP contribution in [0.5, 0.6) is 5.75 Å². The summed E-state index contributed by atoms with van der Waals surface area (Å²) >= 11 is 5.94. The van der Waals surface area contributed by atoms with Crippen molar-refractivity contribution < 1.29 is 19.1 Å². The Morgan fingerprint density at radius 3 is 2.52 bits per heavy atom. The smallest absolute Gasteiger partial charge is 0.344 e. The second-order valence-electron chi connectivity index (χ2n) is 6.18. The Labute approximate surface area is 164 Å². The molecule has 0 bridgehead atoms. The predicted octanol–water partition coefficient (Wildman–Crippen LogP) is 4.23. The van der Waals surface area contributed by atoms with Crippen molar-refractivity contribution in [2.24, 2.45) is 0 Å². The van der Waals surface area contributed by atoms with Crippen molar-refractivity contribution in [1.29, 1.82) is 0 Å². The first-order valence-electron chi connectivity index (χ1n) is 8.88. The molecule has 0 saturated carbocycles. The van der Waals surface area contributed by atoms with Crippen molar-refractivity contribution in [3.8, 4) is 5.75 Å². The number of carbonyl (C=O) groups excluding carboxylic acids is 2. The molecule has 0 saturated heterocycles.